The van der Waals surface area contributed by atoms with Gasteiger partial charge in [-0.2, -0.15) is 0 Å². The fourth-order valence-electron chi connectivity index (χ4n) is 5.16. The molecule has 9 heteroatoms. The van der Waals surface area contributed by atoms with Crippen LogP contribution in [0.4, 0.5) is 10.5 Å². The SMILES string of the molecule is CCC[n+]1cc(Br)cc(C(=O)NCC(C(=O)NC(C)OC(=O)Nc2cccc3ccccc23)c2ccc3ccccc3c2)c1. The second-order valence-corrected chi connectivity index (χ2v) is 11.5. The molecular weight excluding hydrogens is 620 g/mol. The molecule has 5 rings (SSSR count). The summed E-state index contributed by atoms with van der Waals surface area (Å²) in [6, 6.07) is 28.7. The second kappa shape index (κ2) is 14.1. The molecule has 0 aliphatic rings. The molecule has 0 aliphatic heterocycles. The summed E-state index contributed by atoms with van der Waals surface area (Å²) in [6.45, 7) is 4.47. The van der Waals surface area contributed by atoms with Gasteiger partial charge in [-0.15, -0.1) is 0 Å². The van der Waals surface area contributed by atoms with Gasteiger partial charge in [0.15, 0.2) is 18.6 Å². The molecule has 3 amide bonds. The molecule has 3 N–H and O–H groups in total. The molecule has 1 aromatic heterocycles. The summed E-state index contributed by atoms with van der Waals surface area (Å²) in [5, 5.41) is 12.4. The standard InChI is InChI=1S/C35H33BrN4O4/c1-3-17-40-21-28(19-29(36)22-40)33(41)37-20-31(27-16-15-24-9-4-5-11-26(24)18-27)34(42)38-23(2)44-35(43)39-32-14-8-12-25-10-6-7-13-30(25)32/h4-16,18-19,21-23,31H,3,17,20H2,1-2H3,(H2-,37,38,39,41,42,43)/p+1. The zero-order valence-electron chi connectivity index (χ0n) is 24.5. The van der Waals surface area contributed by atoms with E-state index in [4.69, 9.17) is 4.74 Å². The number of rotatable bonds is 10. The minimum atomic E-state index is -0.936. The highest BCUT2D eigenvalue weighted by molar-refractivity contribution is 9.10. The average molecular weight is 655 g/mol. The maximum atomic E-state index is 13.7. The van der Waals surface area contributed by atoms with Crippen LogP contribution >= 0.6 is 15.9 Å². The first kappa shape index (κ1) is 30.7. The molecule has 224 valence electrons. The molecule has 0 saturated carbocycles. The summed E-state index contributed by atoms with van der Waals surface area (Å²) in [5.74, 6) is -1.43. The number of hydrogen-bond acceptors (Lipinski definition) is 4. The number of anilines is 1. The summed E-state index contributed by atoms with van der Waals surface area (Å²) < 4.78 is 8.24. The third-order valence-electron chi connectivity index (χ3n) is 7.25. The van der Waals surface area contributed by atoms with Crippen molar-refractivity contribution in [2.24, 2.45) is 0 Å². The van der Waals surface area contributed by atoms with Crippen LogP contribution in [0, 0.1) is 0 Å². The molecule has 2 unspecified atom stereocenters. The number of aryl methyl sites for hydroxylation is 1. The Bertz CT molecular complexity index is 1820. The van der Waals surface area contributed by atoms with Gasteiger partial charge in [0, 0.05) is 18.4 Å². The van der Waals surface area contributed by atoms with Crippen molar-refractivity contribution in [3.8, 4) is 0 Å². The van der Waals surface area contributed by atoms with E-state index in [9.17, 15) is 14.4 Å². The summed E-state index contributed by atoms with van der Waals surface area (Å²) in [6.07, 6.45) is 3.00. The van der Waals surface area contributed by atoms with E-state index in [0.717, 1.165) is 44.5 Å². The van der Waals surface area contributed by atoms with Crippen LogP contribution in [0.3, 0.4) is 0 Å². The number of fused-ring (bicyclic) bond motifs is 2. The number of nitrogens with zero attached hydrogens (tertiary/aromatic N) is 1. The van der Waals surface area contributed by atoms with Crippen molar-refractivity contribution in [1.29, 1.82) is 0 Å². The normalized spacial score (nSPS) is 12.3. The molecule has 1 heterocycles. The molecule has 5 aromatic rings. The quantitative estimate of drug-likeness (QED) is 0.116. The van der Waals surface area contributed by atoms with Crippen molar-refractivity contribution in [1.82, 2.24) is 10.6 Å². The van der Waals surface area contributed by atoms with Gasteiger partial charge in [0.05, 0.1) is 16.1 Å². The van der Waals surface area contributed by atoms with Crippen molar-refractivity contribution in [3.63, 3.8) is 0 Å². The summed E-state index contributed by atoms with van der Waals surface area (Å²) in [5.41, 5.74) is 1.81. The first-order valence-corrected chi connectivity index (χ1v) is 15.3. The molecule has 0 radical (unpaired) electrons. The number of amides is 3. The monoisotopic (exact) mass is 653 g/mol. The van der Waals surface area contributed by atoms with E-state index in [1.807, 2.05) is 89.6 Å². The lowest BCUT2D eigenvalue weighted by Gasteiger charge is -2.22. The van der Waals surface area contributed by atoms with Gasteiger partial charge in [-0.3, -0.25) is 14.9 Å². The molecule has 0 fully saturated rings. The van der Waals surface area contributed by atoms with E-state index in [0.29, 0.717) is 11.3 Å². The Morgan fingerprint density at radius 1 is 0.864 bits per heavy atom. The number of nitrogens with one attached hydrogen (secondary N) is 3. The number of pyridine rings is 1. The Morgan fingerprint density at radius 2 is 1.59 bits per heavy atom. The lowest BCUT2D eigenvalue weighted by molar-refractivity contribution is -0.697. The Hall–Kier alpha value is -4.76. The van der Waals surface area contributed by atoms with Crippen molar-refractivity contribution in [2.75, 3.05) is 11.9 Å². The molecule has 0 bridgehead atoms. The average Bonchev–Trinajstić information content (AvgIpc) is 3.01. The van der Waals surface area contributed by atoms with E-state index in [1.165, 1.54) is 0 Å². The van der Waals surface area contributed by atoms with Gasteiger partial charge in [0.25, 0.3) is 5.91 Å². The Morgan fingerprint density at radius 3 is 2.39 bits per heavy atom. The highest BCUT2D eigenvalue weighted by Gasteiger charge is 2.25. The highest BCUT2D eigenvalue weighted by atomic mass is 79.9. The van der Waals surface area contributed by atoms with Crippen LogP contribution in [0.2, 0.25) is 0 Å². The van der Waals surface area contributed by atoms with Gasteiger partial charge in [-0.25, -0.2) is 9.36 Å². The van der Waals surface area contributed by atoms with E-state index >= 15 is 0 Å². The van der Waals surface area contributed by atoms with Crippen molar-refractivity contribution in [3.05, 3.63) is 119 Å². The maximum Gasteiger partial charge on any atom is 0.413 e. The zero-order valence-corrected chi connectivity index (χ0v) is 26.1. The zero-order chi connectivity index (χ0) is 31.1. The number of aromatic nitrogens is 1. The second-order valence-electron chi connectivity index (χ2n) is 10.6. The van der Waals surface area contributed by atoms with E-state index in [2.05, 4.69) is 38.8 Å². The van der Waals surface area contributed by atoms with Gasteiger partial charge >= 0.3 is 6.09 Å². The van der Waals surface area contributed by atoms with Gasteiger partial charge < -0.3 is 15.4 Å². The fourth-order valence-corrected chi connectivity index (χ4v) is 5.67. The number of carbonyl (C=O) groups is 3. The molecule has 0 spiro atoms. The predicted molar refractivity (Wildman–Crippen MR) is 175 cm³/mol. The van der Waals surface area contributed by atoms with Crippen LogP contribution in [0.25, 0.3) is 21.5 Å². The lowest BCUT2D eigenvalue weighted by atomic mass is 9.95. The molecule has 44 heavy (non-hydrogen) atoms. The number of benzene rings is 4. The van der Waals surface area contributed by atoms with Crippen LogP contribution in [0.15, 0.2) is 108 Å². The molecule has 0 aliphatic carbocycles. The topological polar surface area (TPSA) is 100 Å². The Labute approximate surface area is 264 Å². The van der Waals surface area contributed by atoms with Crippen molar-refractivity contribution >= 4 is 61.1 Å². The van der Waals surface area contributed by atoms with Gasteiger partial charge in [-0.05, 0) is 56.7 Å². The lowest BCUT2D eigenvalue weighted by Crippen LogP contribution is -2.43. The van der Waals surface area contributed by atoms with Crippen LogP contribution in [-0.4, -0.2) is 30.7 Å². The summed E-state index contributed by atoms with van der Waals surface area (Å²) >= 11 is 3.48. The number of hydrogen-bond donors (Lipinski definition) is 3. The number of ether oxygens (including phenoxy) is 1. The van der Waals surface area contributed by atoms with Crippen LogP contribution < -0.4 is 20.5 Å². The highest BCUT2D eigenvalue weighted by Crippen LogP contribution is 2.24. The van der Waals surface area contributed by atoms with E-state index in [-0.39, 0.29) is 18.4 Å². The molecule has 2 atom stereocenters. The summed E-state index contributed by atoms with van der Waals surface area (Å²) in [4.78, 5) is 39.6. The van der Waals surface area contributed by atoms with Crippen LogP contribution in [-0.2, 0) is 16.1 Å². The molecular formula is C35H34BrN4O4+. The number of carbonyl (C=O) groups excluding carboxylic acids is 3. The Balaban J connectivity index is 1.30. The van der Waals surface area contributed by atoms with Gasteiger partial charge in [-0.1, -0.05) is 85.8 Å². The third-order valence-corrected chi connectivity index (χ3v) is 7.68. The molecule has 8 nitrogen and oxygen atoms in total. The van der Waals surface area contributed by atoms with E-state index in [1.54, 1.807) is 25.3 Å². The Kier molecular flexibility index (Phi) is 9.86. The van der Waals surface area contributed by atoms with Crippen molar-refractivity contribution < 1.29 is 23.7 Å². The van der Waals surface area contributed by atoms with Crippen LogP contribution in [0.1, 0.15) is 42.1 Å². The van der Waals surface area contributed by atoms with E-state index < -0.39 is 18.2 Å². The third kappa shape index (κ3) is 7.60. The van der Waals surface area contributed by atoms with Gasteiger partial charge in [0.1, 0.15) is 12.1 Å². The minimum absolute atomic E-state index is 0.0399. The summed E-state index contributed by atoms with van der Waals surface area (Å²) in [7, 11) is 0. The largest absolute Gasteiger partial charge is 0.426 e. The maximum absolute atomic E-state index is 13.7. The van der Waals surface area contributed by atoms with Crippen LogP contribution in [0.5, 0.6) is 0 Å². The predicted octanol–water partition coefficient (Wildman–Crippen LogP) is 6.68. The smallest absolute Gasteiger partial charge is 0.413 e. The first-order valence-electron chi connectivity index (χ1n) is 14.5. The molecule has 0 saturated heterocycles. The number of halogens is 1. The fraction of sp³-hybridized carbons (Fsp3) is 0.200. The molecule has 4 aromatic carbocycles. The first-order chi connectivity index (χ1) is 21.3. The van der Waals surface area contributed by atoms with Gasteiger partial charge in [0.2, 0.25) is 5.91 Å². The minimum Gasteiger partial charge on any atom is -0.426 e. The van der Waals surface area contributed by atoms with Crippen molar-refractivity contribution in [2.45, 2.75) is 39.0 Å².